The Balaban J connectivity index is 2.27. The lowest BCUT2D eigenvalue weighted by molar-refractivity contribution is 0.327. The lowest BCUT2D eigenvalue weighted by Crippen LogP contribution is -2.38. The van der Waals surface area contributed by atoms with Crippen molar-refractivity contribution in [2.45, 2.75) is 50.1 Å². The molecule has 1 aliphatic rings. The van der Waals surface area contributed by atoms with E-state index >= 15 is 0 Å². The molecule has 3 N–H and O–H groups in total. The molecule has 4 nitrogen and oxygen atoms in total. The first-order chi connectivity index (χ1) is 9.85. The van der Waals surface area contributed by atoms with Gasteiger partial charge in [0.25, 0.3) is 0 Å². The molecule has 0 aliphatic heterocycles. The number of rotatable bonds is 4. The van der Waals surface area contributed by atoms with Gasteiger partial charge in [-0.25, -0.2) is 13.1 Å². The van der Waals surface area contributed by atoms with E-state index in [0.29, 0.717) is 16.5 Å². The number of nitrogens with one attached hydrogen (secondary N) is 1. The van der Waals surface area contributed by atoms with Crippen molar-refractivity contribution >= 4 is 33.2 Å². The predicted molar refractivity (Wildman–Crippen MR) is 86.1 cm³/mol. The van der Waals surface area contributed by atoms with E-state index < -0.39 is 10.0 Å². The van der Waals surface area contributed by atoms with Crippen molar-refractivity contribution < 1.29 is 8.42 Å². The van der Waals surface area contributed by atoms with Crippen LogP contribution in [-0.2, 0) is 16.6 Å². The minimum Gasteiger partial charge on any atom is -0.326 e. The van der Waals surface area contributed by atoms with Crippen LogP contribution >= 0.6 is 23.2 Å². The Labute approximate surface area is 136 Å². The largest absolute Gasteiger partial charge is 0.326 e. The van der Waals surface area contributed by atoms with Gasteiger partial charge in [0, 0.05) is 23.2 Å². The van der Waals surface area contributed by atoms with Gasteiger partial charge in [-0.1, -0.05) is 43.0 Å². The molecule has 2 unspecified atom stereocenters. The van der Waals surface area contributed by atoms with Crippen molar-refractivity contribution in [3.05, 3.63) is 27.7 Å². The monoisotopic (exact) mass is 350 g/mol. The van der Waals surface area contributed by atoms with Crippen molar-refractivity contribution in [1.29, 1.82) is 0 Å². The minimum atomic E-state index is -3.66. The maximum atomic E-state index is 12.5. The SMILES string of the molecule is CC1CCCC(NS(=O)(=O)c2ccc(Cl)c(CN)c2Cl)C1. The Morgan fingerprint density at radius 3 is 2.67 bits per heavy atom. The van der Waals surface area contributed by atoms with E-state index in [1.165, 1.54) is 12.1 Å². The van der Waals surface area contributed by atoms with Crippen molar-refractivity contribution in [1.82, 2.24) is 4.72 Å². The number of hydrogen-bond donors (Lipinski definition) is 2. The summed E-state index contributed by atoms with van der Waals surface area (Å²) in [4.78, 5) is 0.0484. The molecular formula is C14H20Cl2N2O2S. The van der Waals surface area contributed by atoms with Crippen molar-refractivity contribution in [3.8, 4) is 0 Å². The topological polar surface area (TPSA) is 72.2 Å². The standard InChI is InChI=1S/C14H20Cl2N2O2S/c1-9-3-2-4-10(7-9)18-21(19,20)13-6-5-12(15)11(8-17)14(13)16/h5-6,9-10,18H,2-4,7-8,17H2,1H3. The van der Waals surface area contributed by atoms with Gasteiger partial charge in [0.05, 0.1) is 5.02 Å². The van der Waals surface area contributed by atoms with Gasteiger partial charge in [-0.2, -0.15) is 0 Å². The van der Waals surface area contributed by atoms with Crippen LogP contribution in [0.4, 0.5) is 0 Å². The minimum absolute atomic E-state index is 0.0354. The maximum Gasteiger partial charge on any atom is 0.242 e. The summed E-state index contributed by atoms with van der Waals surface area (Å²) in [5.41, 5.74) is 6.04. The van der Waals surface area contributed by atoms with Gasteiger partial charge in [0.1, 0.15) is 4.90 Å². The first kappa shape index (κ1) is 17.0. The Morgan fingerprint density at radius 2 is 2.05 bits per heavy atom. The maximum absolute atomic E-state index is 12.5. The van der Waals surface area contributed by atoms with Gasteiger partial charge in [0.2, 0.25) is 10.0 Å². The molecule has 7 heteroatoms. The third kappa shape index (κ3) is 3.90. The van der Waals surface area contributed by atoms with Crippen LogP contribution in [0.2, 0.25) is 10.0 Å². The van der Waals surface area contributed by atoms with Crippen LogP contribution in [0, 0.1) is 5.92 Å². The zero-order chi connectivity index (χ0) is 15.6. The van der Waals surface area contributed by atoms with Gasteiger partial charge >= 0.3 is 0 Å². The molecule has 21 heavy (non-hydrogen) atoms. The fraction of sp³-hybridized carbons (Fsp3) is 0.571. The molecule has 1 fully saturated rings. The lowest BCUT2D eigenvalue weighted by Gasteiger charge is -2.27. The second-order valence-electron chi connectivity index (χ2n) is 5.63. The van der Waals surface area contributed by atoms with Crippen LogP contribution in [0.15, 0.2) is 17.0 Å². The lowest BCUT2D eigenvalue weighted by atomic mass is 9.88. The van der Waals surface area contributed by atoms with Crippen LogP contribution < -0.4 is 10.5 Å². The van der Waals surface area contributed by atoms with E-state index in [1.54, 1.807) is 0 Å². The molecule has 0 heterocycles. The molecule has 1 aliphatic carbocycles. The normalized spacial score (nSPS) is 23.2. The second kappa shape index (κ2) is 6.84. The number of nitrogens with two attached hydrogens (primary N) is 1. The molecule has 118 valence electrons. The number of halogens is 2. The van der Waals surface area contributed by atoms with Crippen LogP contribution in [0.5, 0.6) is 0 Å². The molecule has 1 saturated carbocycles. The highest BCUT2D eigenvalue weighted by Gasteiger charge is 2.27. The Kier molecular flexibility index (Phi) is 5.54. The summed E-state index contributed by atoms with van der Waals surface area (Å²) >= 11 is 12.1. The average molecular weight is 351 g/mol. The van der Waals surface area contributed by atoms with Gasteiger partial charge in [0.15, 0.2) is 0 Å². The molecule has 1 aromatic rings. The fourth-order valence-electron chi connectivity index (χ4n) is 2.79. The summed E-state index contributed by atoms with van der Waals surface area (Å²) in [5, 5.41) is 0.495. The third-order valence-electron chi connectivity index (χ3n) is 3.90. The van der Waals surface area contributed by atoms with E-state index in [-0.39, 0.29) is 22.5 Å². The first-order valence-corrected chi connectivity index (χ1v) is 9.28. The third-order valence-corrected chi connectivity index (χ3v) is 6.36. The number of sulfonamides is 1. The molecular weight excluding hydrogens is 331 g/mol. The van der Waals surface area contributed by atoms with Crippen LogP contribution in [-0.4, -0.2) is 14.5 Å². The van der Waals surface area contributed by atoms with Crippen LogP contribution in [0.1, 0.15) is 38.2 Å². The van der Waals surface area contributed by atoms with Gasteiger partial charge < -0.3 is 5.73 Å². The highest BCUT2D eigenvalue weighted by atomic mass is 35.5. The summed E-state index contributed by atoms with van der Waals surface area (Å²) in [6.07, 6.45) is 3.90. The average Bonchev–Trinajstić information content (AvgIpc) is 2.38. The second-order valence-corrected chi connectivity index (χ2v) is 8.10. The van der Waals surface area contributed by atoms with Crippen molar-refractivity contribution in [2.24, 2.45) is 11.7 Å². The van der Waals surface area contributed by atoms with E-state index in [2.05, 4.69) is 11.6 Å². The molecule has 0 saturated heterocycles. The highest BCUT2D eigenvalue weighted by Crippen LogP contribution is 2.32. The molecule has 1 aromatic carbocycles. The van der Waals surface area contributed by atoms with Gasteiger partial charge in [-0.05, 0) is 30.9 Å². The van der Waals surface area contributed by atoms with E-state index in [4.69, 9.17) is 28.9 Å². The molecule has 0 radical (unpaired) electrons. The zero-order valence-corrected chi connectivity index (χ0v) is 14.2. The Morgan fingerprint density at radius 1 is 1.33 bits per heavy atom. The smallest absolute Gasteiger partial charge is 0.242 e. The molecule has 2 rings (SSSR count). The zero-order valence-electron chi connectivity index (χ0n) is 11.9. The van der Waals surface area contributed by atoms with Crippen LogP contribution in [0.25, 0.3) is 0 Å². The molecule has 0 amide bonds. The van der Waals surface area contributed by atoms with E-state index in [0.717, 1.165) is 25.7 Å². The van der Waals surface area contributed by atoms with E-state index in [9.17, 15) is 8.42 Å². The summed E-state index contributed by atoms with van der Waals surface area (Å²) < 4.78 is 27.8. The number of hydrogen-bond acceptors (Lipinski definition) is 3. The summed E-state index contributed by atoms with van der Waals surface area (Å²) in [7, 11) is -3.66. The predicted octanol–water partition coefficient (Wildman–Crippen LogP) is 3.31. The molecule has 0 spiro atoms. The molecule has 2 atom stereocenters. The summed E-state index contributed by atoms with van der Waals surface area (Å²) in [6, 6.07) is 2.92. The molecule has 0 bridgehead atoms. The van der Waals surface area contributed by atoms with Crippen LogP contribution in [0.3, 0.4) is 0 Å². The van der Waals surface area contributed by atoms with Gasteiger partial charge in [-0.15, -0.1) is 0 Å². The number of benzene rings is 1. The highest BCUT2D eigenvalue weighted by molar-refractivity contribution is 7.89. The van der Waals surface area contributed by atoms with Crippen molar-refractivity contribution in [3.63, 3.8) is 0 Å². The first-order valence-electron chi connectivity index (χ1n) is 7.04. The summed E-state index contributed by atoms with van der Waals surface area (Å²) in [5.74, 6) is 0.534. The Hall–Kier alpha value is -0.330. The quantitative estimate of drug-likeness (QED) is 0.874. The van der Waals surface area contributed by atoms with Gasteiger partial charge in [-0.3, -0.25) is 0 Å². The summed E-state index contributed by atoms with van der Waals surface area (Å²) in [6.45, 7) is 2.24. The van der Waals surface area contributed by atoms with Crippen molar-refractivity contribution in [2.75, 3.05) is 0 Å². The fourth-order valence-corrected chi connectivity index (χ4v) is 5.01. The Bertz CT molecular complexity index is 620. The van der Waals surface area contributed by atoms with E-state index in [1.807, 2.05) is 0 Å². The molecule has 0 aromatic heterocycles.